The van der Waals surface area contributed by atoms with Crippen molar-refractivity contribution in [3.8, 4) is 11.3 Å². The first-order chi connectivity index (χ1) is 11.0. The van der Waals surface area contributed by atoms with Gasteiger partial charge in [-0.05, 0) is 36.6 Å². The predicted molar refractivity (Wildman–Crippen MR) is 84.4 cm³/mol. The van der Waals surface area contributed by atoms with Gasteiger partial charge in [0, 0.05) is 10.9 Å². The van der Waals surface area contributed by atoms with Crippen LogP contribution in [0, 0.1) is 17.7 Å². The van der Waals surface area contributed by atoms with Gasteiger partial charge in [-0.2, -0.15) is 0 Å². The third-order valence-electron chi connectivity index (χ3n) is 3.65. The number of hydrogen-bond acceptors (Lipinski definition) is 5. The van der Waals surface area contributed by atoms with E-state index < -0.39 is 5.91 Å². The molecule has 1 fully saturated rings. The number of rotatable bonds is 5. The zero-order valence-corrected chi connectivity index (χ0v) is 13.2. The van der Waals surface area contributed by atoms with E-state index in [4.69, 9.17) is 4.74 Å². The molecule has 0 spiro atoms. The smallest absolute Gasteiger partial charge is 0.309 e. The third-order valence-corrected chi connectivity index (χ3v) is 4.41. The first-order valence-electron chi connectivity index (χ1n) is 7.21. The Hall–Kier alpha value is -2.28. The standard InChI is InChI=1S/C16H15FN2O3S/c1-9-6-12(9)15(21)22-7-14(20)19-16-18-13(8-23-16)10-2-4-11(17)5-3-10/h2-5,8-9,12H,6-7H2,1H3,(H,18,19,20)/t9-,12+/m0/s1. The van der Waals surface area contributed by atoms with Crippen LogP contribution in [0.3, 0.4) is 0 Å². The van der Waals surface area contributed by atoms with Crippen LogP contribution < -0.4 is 5.32 Å². The summed E-state index contributed by atoms with van der Waals surface area (Å²) in [6, 6.07) is 5.94. The van der Waals surface area contributed by atoms with E-state index in [1.807, 2.05) is 6.92 Å². The highest BCUT2D eigenvalue weighted by Crippen LogP contribution is 2.38. The van der Waals surface area contributed by atoms with Gasteiger partial charge < -0.3 is 4.74 Å². The maximum Gasteiger partial charge on any atom is 0.309 e. The lowest BCUT2D eigenvalue weighted by Gasteiger charge is -2.03. The summed E-state index contributed by atoms with van der Waals surface area (Å²) >= 11 is 1.25. The van der Waals surface area contributed by atoms with Crippen LogP contribution in [0.5, 0.6) is 0 Å². The van der Waals surface area contributed by atoms with Crippen molar-refractivity contribution in [3.05, 3.63) is 35.5 Å². The highest BCUT2D eigenvalue weighted by Gasteiger charge is 2.40. The Balaban J connectivity index is 1.53. The van der Waals surface area contributed by atoms with Crippen molar-refractivity contribution < 1.29 is 18.7 Å². The van der Waals surface area contributed by atoms with E-state index in [-0.39, 0.29) is 24.3 Å². The topological polar surface area (TPSA) is 68.3 Å². The summed E-state index contributed by atoms with van der Waals surface area (Å²) in [7, 11) is 0. The van der Waals surface area contributed by atoms with Gasteiger partial charge in [0.05, 0.1) is 11.6 Å². The molecule has 3 rings (SSSR count). The summed E-state index contributed by atoms with van der Waals surface area (Å²) in [4.78, 5) is 27.6. The number of hydrogen-bond donors (Lipinski definition) is 1. The number of nitrogens with one attached hydrogen (secondary N) is 1. The number of benzene rings is 1. The zero-order valence-electron chi connectivity index (χ0n) is 12.4. The SMILES string of the molecule is C[C@H]1C[C@H]1C(=O)OCC(=O)Nc1nc(-c2ccc(F)cc2)cs1. The van der Waals surface area contributed by atoms with Gasteiger partial charge in [-0.25, -0.2) is 9.37 Å². The molecule has 5 nitrogen and oxygen atoms in total. The van der Waals surface area contributed by atoms with Crippen molar-refractivity contribution in [3.63, 3.8) is 0 Å². The van der Waals surface area contributed by atoms with Gasteiger partial charge in [-0.3, -0.25) is 14.9 Å². The number of anilines is 1. The molecule has 1 saturated carbocycles. The summed E-state index contributed by atoms with van der Waals surface area (Å²) in [6.45, 7) is 1.66. The van der Waals surface area contributed by atoms with E-state index in [9.17, 15) is 14.0 Å². The van der Waals surface area contributed by atoms with Crippen molar-refractivity contribution in [2.24, 2.45) is 11.8 Å². The molecule has 1 aliphatic carbocycles. The molecule has 1 aromatic carbocycles. The molecular formula is C16H15FN2O3S. The number of amides is 1. The van der Waals surface area contributed by atoms with E-state index in [0.717, 1.165) is 12.0 Å². The second-order valence-corrected chi connectivity index (χ2v) is 6.38. The van der Waals surface area contributed by atoms with Crippen molar-refractivity contribution in [1.82, 2.24) is 4.98 Å². The number of nitrogens with zero attached hydrogens (tertiary/aromatic N) is 1. The number of esters is 1. The summed E-state index contributed by atoms with van der Waals surface area (Å²) in [5.41, 5.74) is 1.41. The monoisotopic (exact) mass is 334 g/mol. The summed E-state index contributed by atoms with van der Waals surface area (Å²) in [6.07, 6.45) is 0.827. The van der Waals surface area contributed by atoms with Gasteiger partial charge in [0.2, 0.25) is 0 Å². The minimum Gasteiger partial charge on any atom is -0.455 e. The molecule has 1 heterocycles. The lowest BCUT2D eigenvalue weighted by atomic mass is 10.2. The molecule has 1 amide bonds. The van der Waals surface area contributed by atoms with Crippen LogP contribution in [0.15, 0.2) is 29.6 Å². The molecular weight excluding hydrogens is 319 g/mol. The van der Waals surface area contributed by atoms with Crippen molar-refractivity contribution in [2.45, 2.75) is 13.3 Å². The molecule has 0 bridgehead atoms. The van der Waals surface area contributed by atoms with Crippen molar-refractivity contribution >= 4 is 28.3 Å². The molecule has 7 heteroatoms. The Morgan fingerprint density at radius 2 is 2.09 bits per heavy atom. The minimum atomic E-state index is -0.424. The van der Waals surface area contributed by atoms with E-state index in [1.165, 1.54) is 23.5 Å². The highest BCUT2D eigenvalue weighted by molar-refractivity contribution is 7.14. The Kier molecular flexibility index (Phi) is 4.38. The second-order valence-electron chi connectivity index (χ2n) is 5.52. The normalized spacial score (nSPS) is 19.2. The fraction of sp³-hybridized carbons (Fsp3) is 0.312. The van der Waals surface area contributed by atoms with Gasteiger partial charge >= 0.3 is 5.97 Å². The van der Waals surface area contributed by atoms with Crippen LogP contribution in [0.4, 0.5) is 9.52 Å². The minimum absolute atomic E-state index is 0.0623. The van der Waals surface area contributed by atoms with Crippen LogP contribution in [0.1, 0.15) is 13.3 Å². The van der Waals surface area contributed by atoms with E-state index in [2.05, 4.69) is 10.3 Å². The third kappa shape index (κ3) is 3.92. The fourth-order valence-corrected chi connectivity index (χ4v) is 2.87. The molecule has 2 aromatic rings. The Bertz CT molecular complexity index is 729. The quantitative estimate of drug-likeness (QED) is 0.853. The predicted octanol–water partition coefficient (Wildman–Crippen LogP) is 3.09. The van der Waals surface area contributed by atoms with Crippen molar-refractivity contribution in [2.75, 3.05) is 11.9 Å². The first-order valence-corrected chi connectivity index (χ1v) is 8.09. The second kappa shape index (κ2) is 6.45. The molecule has 120 valence electrons. The number of aromatic nitrogens is 1. The lowest BCUT2D eigenvalue weighted by molar-refractivity contribution is -0.148. The largest absolute Gasteiger partial charge is 0.455 e. The van der Waals surface area contributed by atoms with Gasteiger partial charge in [-0.1, -0.05) is 6.92 Å². The van der Waals surface area contributed by atoms with E-state index in [0.29, 0.717) is 16.7 Å². The number of carbonyl (C=O) groups is 2. The van der Waals surface area contributed by atoms with Crippen LogP contribution in [-0.2, 0) is 14.3 Å². The number of carbonyl (C=O) groups excluding carboxylic acids is 2. The van der Waals surface area contributed by atoms with E-state index >= 15 is 0 Å². The summed E-state index contributed by atoms with van der Waals surface area (Å²) < 4.78 is 17.9. The van der Waals surface area contributed by atoms with Gasteiger partial charge in [0.1, 0.15) is 5.82 Å². The molecule has 1 aromatic heterocycles. The summed E-state index contributed by atoms with van der Waals surface area (Å²) in [5.74, 6) is -0.773. The number of ether oxygens (including phenoxy) is 1. The van der Waals surface area contributed by atoms with Crippen LogP contribution >= 0.6 is 11.3 Å². The zero-order chi connectivity index (χ0) is 16.4. The Morgan fingerprint density at radius 3 is 2.74 bits per heavy atom. The lowest BCUT2D eigenvalue weighted by Crippen LogP contribution is -2.21. The number of halogens is 1. The highest BCUT2D eigenvalue weighted by atomic mass is 32.1. The van der Waals surface area contributed by atoms with Crippen molar-refractivity contribution in [1.29, 1.82) is 0 Å². The van der Waals surface area contributed by atoms with Gasteiger partial charge in [0.15, 0.2) is 11.7 Å². The molecule has 1 N–H and O–H groups in total. The number of thiazole rings is 1. The van der Waals surface area contributed by atoms with Gasteiger partial charge in [0.25, 0.3) is 5.91 Å². The average molecular weight is 334 g/mol. The van der Waals surface area contributed by atoms with E-state index in [1.54, 1.807) is 17.5 Å². The summed E-state index contributed by atoms with van der Waals surface area (Å²) in [5, 5.41) is 4.76. The average Bonchev–Trinajstić information content (AvgIpc) is 3.08. The van der Waals surface area contributed by atoms with Crippen LogP contribution in [-0.4, -0.2) is 23.5 Å². The molecule has 23 heavy (non-hydrogen) atoms. The van der Waals surface area contributed by atoms with Crippen LogP contribution in [0.25, 0.3) is 11.3 Å². The molecule has 0 aliphatic heterocycles. The van der Waals surface area contributed by atoms with Crippen LogP contribution in [0.2, 0.25) is 0 Å². The Morgan fingerprint density at radius 1 is 1.39 bits per heavy atom. The first kappa shape index (κ1) is 15.6. The fourth-order valence-electron chi connectivity index (χ4n) is 2.13. The Labute approximate surface area is 136 Å². The molecule has 2 atom stereocenters. The molecule has 1 aliphatic rings. The maximum absolute atomic E-state index is 12.9. The van der Waals surface area contributed by atoms with Gasteiger partial charge in [-0.15, -0.1) is 11.3 Å². The molecule has 0 radical (unpaired) electrons. The molecule has 0 unspecified atom stereocenters. The molecule has 0 saturated heterocycles. The maximum atomic E-state index is 12.9.